The summed E-state index contributed by atoms with van der Waals surface area (Å²) in [6, 6.07) is 17.4. The van der Waals surface area contributed by atoms with E-state index in [4.69, 9.17) is 4.98 Å². The van der Waals surface area contributed by atoms with Crippen molar-refractivity contribution in [2.45, 2.75) is 11.8 Å². The molecule has 0 saturated carbocycles. The van der Waals surface area contributed by atoms with E-state index >= 15 is 0 Å². The van der Waals surface area contributed by atoms with Gasteiger partial charge in [0.05, 0.1) is 10.6 Å². The number of sulfone groups is 1. The van der Waals surface area contributed by atoms with E-state index in [0.29, 0.717) is 10.5 Å². The molecule has 164 valence electrons. The number of halogens is 1. The van der Waals surface area contributed by atoms with Gasteiger partial charge in [0.25, 0.3) is 0 Å². The number of anilines is 1. The average Bonchev–Trinajstić information content (AvgIpc) is 2.77. The Hall–Kier alpha value is -2.41. The quantitative estimate of drug-likeness (QED) is 0.569. The van der Waals surface area contributed by atoms with Gasteiger partial charge in [-0.25, -0.2) is 13.4 Å². The van der Waals surface area contributed by atoms with Crippen LogP contribution in [0.3, 0.4) is 0 Å². The van der Waals surface area contributed by atoms with Gasteiger partial charge in [-0.05, 0) is 35.7 Å². The van der Waals surface area contributed by atoms with Crippen LogP contribution in [-0.2, 0) is 9.84 Å². The Kier molecular flexibility index (Phi) is 7.36. The molecular weight excluding hydrogens is 430 g/mol. The van der Waals surface area contributed by atoms with Crippen LogP contribution in [-0.4, -0.2) is 57.3 Å². The average molecular weight is 458 g/mol. The SMILES string of the molecule is CCN1CCN(c2nc(C=Cc3ccccc3S(C)(=O)=O)cc3ccccc23)CC1.Cl. The van der Waals surface area contributed by atoms with E-state index in [-0.39, 0.29) is 12.4 Å². The van der Waals surface area contributed by atoms with Crippen molar-refractivity contribution in [1.82, 2.24) is 9.88 Å². The maximum absolute atomic E-state index is 12.1. The van der Waals surface area contributed by atoms with Crippen molar-refractivity contribution in [2.24, 2.45) is 0 Å². The van der Waals surface area contributed by atoms with Crippen LogP contribution in [0.4, 0.5) is 5.82 Å². The number of likely N-dealkylation sites (N-methyl/N-ethyl adjacent to an activating group) is 1. The van der Waals surface area contributed by atoms with Crippen LogP contribution in [0.1, 0.15) is 18.2 Å². The number of hydrogen-bond donors (Lipinski definition) is 0. The van der Waals surface area contributed by atoms with E-state index in [9.17, 15) is 8.42 Å². The maximum atomic E-state index is 12.1. The minimum absolute atomic E-state index is 0. The zero-order valence-corrected chi connectivity index (χ0v) is 19.5. The molecule has 5 nitrogen and oxygen atoms in total. The molecule has 1 fully saturated rings. The lowest BCUT2D eigenvalue weighted by molar-refractivity contribution is 0.271. The topological polar surface area (TPSA) is 53.5 Å². The number of fused-ring (bicyclic) bond motifs is 1. The molecule has 1 aromatic heterocycles. The number of nitrogens with zero attached hydrogens (tertiary/aromatic N) is 3. The van der Waals surface area contributed by atoms with Gasteiger partial charge in [0.2, 0.25) is 0 Å². The Morgan fingerprint density at radius 3 is 2.35 bits per heavy atom. The van der Waals surface area contributed by atoms with E-state index in [2.05, 4.69) is 34.9 Å². The van der Waals surface area contributed by atoms with Crippen LogP contribution in [0.15, 0.2) is 59.5 Å². The Labute approximate surface area is 190 Å². The molecule has 1 aliphatic rings. The molecule has 31 heavy (non-hydrogen) atoms. The molecule has 1 saturated heterocycles. The van der Waals surface area contributed by atoms with Crippen LogP contribution in [0.5, 0.6) is 0 Å². The molecule has 0 unspecified atom stereocenters. The lowest BCUT2D eigenvalue weighted by Gasteiger charge is -2.35. The van der Waals surface area contributed by atoms with Crippen molar-refractivity contribution >= 4 is 51.0 Å². The second-order valence-electron chi connectivity index (χ2n) is 7.66. The van der Waals surface area contributed by atoms with Crippen molar-refractivity contribution in [3.05, 3.63) is 65.9 Å². The third-order valence-corrected chi connectivity index (χ3v) is 6.78. The first-order chi connectivity index (χ1) is 14.5. The molecule has 0 N–H and O–H groups in total. The third-order valence-electron chi connectivity index (χ3n) is 5.61. The zero-order valence-electron chi connectivity index (χ0n) is 17.9. The number of pyridine rings is 1. The summed E-state index contributed by atoms with van der Waals surface area (Å²) in [5.41, 5.74) is 1.50. The fourth-order valence-corrected chi connectivity index (χ4v) is 4.82. The van der Waals surface area contributed by atoms with Crippen molar-refractivity contribution in [3.63, 3.8) is 0 Å². The number of benzene rings is 2. The second kappa shape index (κ2) is 9.81. The minimum atomic E-state index is -3.29. The van der Waals surface area contributed by atoms with E-state index < -0.39 is 9.84 Å². The van der Waals surface area contributed by atoms with Gasteiger partial charge in [-0.3, -0.25) is 0 Å². The highest BCUT2D eigenvalue weighted by Gasteiger charge is 2.19. The molecule has 0 bridgehead atoms. The third kappa shape index (κ3) is 5.26. The van der Waals surface area contributed by atoms with Crippen molar-refractivity contribution in [2.75, 3.05) is 43.9 Å². The van der Waals surface area contributed by atoms with E-state index in [1.54, 1.807) is 12.1 Å². The van der Waals surface area contributed by atoms with Gasteiger partial charge in [0, 0.05) is 37.8 Å². The molecule has 7 heteroatoms. The summed E-state index contributed by atoms with van der Waals surface area (Å²) in [5.74, 6) is 1.000. The maximum Gasteiger partial charge on any atom is 0.176 e. The monoisotopic (exact) mass is 457 g/mol. The lowest BCUT2D eigenvalue weighted by atomic mass is 10.1. The predicted molar refractivity (Wildman–Crippen MR) is 132 cm³/mol. The molecule has 3 aromatic rings. The van der Waals surface area contributed by atoms with Crippen LogP contribution < -0.4 is 4.90 Å². The summed E-state index contributed by atoms with van der Waals surface area (Å²) < 4.78 is 24.2. The molecule has 2 aromatic carbocycles. The summed E-state index contributed by atoms with van der Waals surface area (Å²) in [5, 5.41) is 2.28. The predicted octanol–water partition coefficient (Wildman–Crippen LogP) is 4.37. The number of hydrogen-bond acceptors (Lipinski definition) is 5. The molecular formula is C24H28ClN3O2S. The molecule has 4 rings (SSSR count). The first-order valence-electron chi connectivity index (χ1n) is 10.3. The molecule has 0 amide bonds. The Morgan fingerprint density at radius 2 is 1.65 bits per heavy atom. The van der Waals surface area contributed by atoms with Crippen LogP contribution in [0.2, 0.25) is 0 Å². The summed E-state index contributed by atoms with van der Waals surface area (Å²) >= 11 is 0. The van der Waals surface area contributed by atoms with Crippen LogP contribution in [0, 0.1) is 0 Å². The lowest BCUT2D eigenvalue weighted by Crippen LogP contribution is -2.46. The van der Waals surface area contributed by atoms with Crippen LogP contribution >= 0.6 is 12.4 Å². The van der Waals surface area contributed by atoms with E-state index in [0.717, 1.165) is 55.0 Å². The molecule has 1 aliphatic heterocycles. The van der Waals surface area contributed by atoms with Gasteiger partial charge in [-0.15, -0.1) is 12.4 Å². The van der Waals surface area contributed by atoms with Gasteiger partial charge in [-0.2, -0.15) is 0 Å². The Morgan fingerprint density at radius 1 is 0.968 bits per heavy atom. The minimum Gasteiger partial charge on any atom is -0.354 e. The summed E-state index contributed by atoms with van der Waals surface area (Å²) in [7, 11) is -3.29. The highest BCUT2D eigenvalue weighted by Crippen LogP contribution is 2.28. The van der Waals surface area contributed by atoms with Crippen LogP contribution in [0.25, 0.3) is 22.9 Å². The Bertz CT molecular complexity index is 1190. The molecule has 0 spiro atoms. The van der Waals surface area contributed by atoms with Gasteiger partial charge in [0.1, 0.15) is 5.82 Å². The molecule has 0 radical (unpaired) electrons. The van der Waals surface area contributed by atoms with Crippen molar-refractivity contribution < 1.29 is 8.42 Å². The summed E-state index contributed by atoms with van der Waals surface area (Å²) in [6.45, 7) is 7.25. The summed E-state index contributed by atoms with van der Waals surface area (Å²) in [4.78, 5) is 10.1. The normalized spacial score (nSPS) is 15.4. The highest BCUT2D eigenvalue weighted by molar-refractivity contribution is 7.90. The van der Waals surface area contributed by atoms with Gasteiger partial charge in [-0.1, -0.05) is 55.5 Å². The Balaban J connectivity index is 0.00000272. The fraction of sp³-hybridized carbons (Fsp3) is 0.292. The number of rotatable bonds is 5. The second-order valence-corrected chi connectivity index (χ2v) is 9.64. The summed E-state index contributed by atoms with van der Waals surface area (Å²) in [6.07, 6.45) is 4.98. The molecule has 0 atom stereocenters. The van der Waals surface area contributed by atoms with E-state index in [1.165, 1.54) is 6.26 Å². The molecule has 2 heterocycles. The van der Waals surface area contributed by atoms with Gasteiger partial charge < -0.3 is 9.80 Å². The number of aromatic nitrogens is 1. The van der Waals surface area contributed by atoms with Gasteiger partial charge in [0.15, 0.2) is 9.84 Å². The highest BCUT2D eigenvalue weighted by atomic mass is 35.5. The van der Waals surface area contributed by atoms with E-state index in [1.807, 2.05) is 36.4 Å². The molecule has 0 aliphatic carbocycles. The fourth-order valence-electron chi connectivity index (χ4n) is 3.93. The zero-order chi connectivity index (χ0) is 21.1. The van der Waals surface area contributed by atoms with Crippen molar-refractivity contribution in [3.8, 4) is 0 Å². The first kappa shape index (κ1) is 23.3. The number of piperazine rings is 1. The largest absolute Gasteiger partial charge is 0.354 e. The smallest absolute Gasteiger partial charge is 0.176 e. The first-order valence-corrected chi connectivity index (χ1v) is 12.2. The standard InChI is InChI=1S/C24H27N3O2S.ClH/c1-3-26-14-16-27(17-15-26)24-22-10-6-4-9-20(22)18-21(25-24)13-12-19-8-5-7-11-23(19)30(2,28)29;/h4-13,18H,3,14-17H2,1-2H3;1H. The van der Waals surface area contributed by atoms with Gasteiger partial charge >= 0.3 is 0 Å². The van der Waals surface area contributed by atoms with Crippen molar-refractivity contribution in [1.29, 1.82) is 0 Å².